The van der Waals surface area contributed by atoms with E-state index in [0.29, 0.717) is 34.2 Å². The van der Waals surface area contributed by atoms with Crippen LogP contribution < -0.4 is 25.0 Å². The molecule has 0 saturated heterocycles. The fourth-order valence-corrected chi connectivity index (χ4v) is 2.61. The van der Waals surface area contributed by atoms with Gasteiger partial charge in [-0.1, -0.05) is 0 Å². The van der Waals surface area contributed by atoms with E-state index < -0.39 is 0 Å². The van der Waals surface area contributed by atoms with Crippen molar-refractivity contribution in [3.8, 4) is 17.2 Å². The second-order valence-electron chi connectivity index (χ2n) is 5.75. The van der Waals surface area contributed by atoms with E-state index in [1.807, 2.05) is 6.07 Å². The summed E-state index contributed by atoms with van der Waals surface area (Å²) >= 11 is 0. The number of carbonyl (C=O) groups is 2. The molecule has 2 amide bonds. The summed E-state index contributed by atoms with van der Waals surface area (Å²) in [4.78, 5) is 23.7. The smallest absolute Gasteiger partial charge is 0.271 e. The quantitative estimate of drug-likeness (QED) is 0.649. The van der Waals surface area contributed by atoms with E-state index in [1.54, 1.807) is 37.3 Å². The van der Waals surface area contributed by atoms with E-state index in [4.69, 9.17) is 14.2 Å². The molecule has 8 heteroatoms. The number of hydrazone groups is 1. The van der Waals surface area contributed by atoms with Gasteiger partial charge in [0.25, 0.3) is 11.8 Å². The molecule has 0 unspecified atom stereocenters. The molecule has 4 rings (SSSR count). The Hall–Kier alpha value is -3.55. The number of fused-ring (bicyclic) bond motifs is 2. The third-order valence-electron chi connectivity index (χ3n) is 3.99. The van der Waals surface area contributed by atoms with Crippen LogP contribution in [0.5, 0.6) is 17.2 Å². The third-order valence-corrected chi connectivity index (χ3v) is 3.99. The number of amides is 2. The third kappa shape index (κ3) is 3.04. The molecular weight excluding hydrogens is 338 g/mol. The first-order valence-corrected chi connectivity index (χ1v) is 7.91. The number of nitrogens with zero attached hydrogens (tertiary/aromatic N) is 1. The average molecular weight is 353 g/mol. The summed E-state index contributed by atoms with van der Waals surface area (Å²) in [7, 11) is 0. The first-order valence-electron chi connectivity index (χ1n) is 7.91. The highest BCUT2D eigenvalue weighted by atomic mass is 16.7. The molecule has 132 valence electrons. The summed E-state index contributed by atoms with van der Waals surface area (Å²) in [5.41, 5.74) is 4.84. The molecule has 0 aliphatic carbocycles. The summed E-state index contributed by atoms with van der Waals surface area (Å²) in [6.07, 6.45) is 0. The van der Waals surface area contributed by atoms with Crippen molar-refractivity contribution in [2.75, 3.05) is 18.7 Å². The Kier molecular flexibility index (Phi) is 3.92. The van der Waals surface area contributed by atoms with E-state index in [2.05, 4.69) is 15.8 Å². The lowest BCUT2D eigenvalue weighted by Crippen LogP contribution is -2.25. The van der Waals surface area contributed by atoms with Gasteiger partial charge in [0.05, 0.1) is 11.4 Å². The van der Waals surface area contributed by atoms with E-state index in [1.165, 1.54) is 0 Å². The van der Waals surface area contributed by atoms with Crippen molar-refractivity contribution in [2.45, 2.75) is 6.92 Å². The monoisotopic (exact) mass is 353 g/mol. The number of anilines is 1. The number of carbonyl (C=O) groups excluding carboxylic acids is 2. The SMILES string of the molecule is C/C(=N/NC(=O)c1ccc2c(c1)OCO2)c1ccc2c(c1)NC(=O)CO2. The van der Waals surface area contributed by atoms with Crippen molar-refractivity contribution in [1.29, 1.82) is 0 Å². The number of benzene rings is 2. The van der Waals surface area contributed by atoms with E-state index in [-0.39, 0.29) is 25.2 Å². The molecule has 8 nitrogen and oxygen atoms in total. The van der Waals surface area contributed by atoms with Crippen LogP contribution in [-0.4, -0.2) is 30.9 Å². The molecule has 26 heavy (non-hydrogen) atoms. The molecule has 0 radical (unpaired) electrons. The summed E-state index contributed by atoms with van der Waals surface area (Å²) in [6.45, 7) is 1.91. The van der Waals surface area contributed by atoms with Gasteiger partial charge in [-0.05, 0) is 48.9 Å². The molecule has 2 aromatic carbocycles. The van der Waals surface area contributed by atoms with E-state index >= 15 is 0 Å². The highest BCUT2D eigenvalue weighted by molar-refractivity contribution is 6.03. The van der Waals surface area contributed by atoms with Crippen LogP contribution in [0.2, 0.25) is 0 Å². The zero-order chi connectivity index (χ0) is 18.1. The lowest BCUT2D eigenvalue weighted by molar-refractivity contribution is -0.118. The maximum Gasteiger partial charge on any atom is 0.271 e. The molecule has 2 aromatic rings. The van der Waals surface area contributed by atoms with Gasteiger partial charge < -0.3 is 19.5 Å². The molecule has 0 saturated carbocycles. The average Bonchev–Trinajstić information content (AvgIpc) is 3.13. The van der Waals surface area contributed by atoms with Crippen molar-refractivity contribution < 1.29 is 23.8 Å². The van der Waals surface area contributed by atoms with Crippen LogP contribution in [0.25, 0.3) is 0 Å². The number of nitrogens with one attached hydrogen (secondary N) is 2. The molecule has 0 aromatic heterocycles. The highest BCUT2D eigenvalue weighted by Gasteiger charge is 2.17. The van der Waals surface area contributed by atoms with Crippen molar-refractivity contribution in [3.63, 3.8) is 0 Å². The van der Waals surface area contributed by atoms with Crippen LogP contribution in [0.15, 0.2) is 41.5 Å². The topological polar surface area (TPSA) is 98.3 Å². The molecule has 0 spiro atoms. The predicted octanol–water partition coefficient (Wildman–Crippen LogP) is 1.90. The second kappa shape index (κ2) is 6.40. The number of ether oxygens (including phenoxy) is 3. The van der Waals surface area contributed by atoms with Gasteiger partial charge in [0.1, 0.15) is 5.75 Å². The molecule has 2 heterocycles. The molecule has 0 fully saturated rings. The Morgan fingerprint density at radius 3 is 2.69 bits per heavy atom. The maximum atomic E-state index is 12.3. The highest BCUT2D eigenvalue weighted by Crippen LogP contribution is 2.32. The van der Waals surface area contributed by atoms with Gasteiger partial charge in [-0.25, -0.2) is 5.43 Å². The van der Waals surface area contributed by atoms with Gasteiger partial charge in [-0.2, -0.15) is 5.10 Å². The number of hydrogen-bond acceptors (Lipinski definition) is 6. The fraction of sp³-hybridized carbons (Fsp3) is 0.167. The molecule has 2 N–H and O–H groups in total. The number of hydrogen-bond donors (Lipinski definition) is 2. The standard InChI is InChI=1S/C18H15N3O5/c1-10(11-2-4-14-13(6-11)19-17(22)8-24-14)20-21-18(23)12-3-5-15-16(7-12)26-9-25-15/h2-7H,8-9H2,1H3,(H,19,22)(H,21,23)/b20-10-. The number of rotatable bonds is 3. The Morgan fingerprint density at radius 2 is 1.81 bits per heavy atom. The van der Waals surface area contributed by atoms with Crippen LogP contribution in [0, 0.1) is 0 Å². The largest absolute Gasteiger partial charge is 0.482 e. The van der Waals surface area contributed by atoms with Gasteiger partial charge in [0.15, 0.2) is 18.1 Å². The van der Waals surface area contributed by atoms with Crippen molar-refractivity contribution in [2.24, 2.45) is 5.10 Å². The first-order chi connectivity index (χ1) is 12.6. The van der Waals surface area contributed by atoms with Crippen molar-refractivity contribution in [3.05, 3.63) is 47.5 Å². The Labute approximate surface area is 148 Å². The fourth-order valence-electron chi connectivity index (χ4n) is 2.61. The maximum absolute atomic E-state index is 12.3. The Bertz CT molecular complexity index is 938. The Balaban J connectivity index is 1.49. The summed E-state index contributed by atoms with van der Waals surface area (Å²) < 4.78 is 15.8. The zero-order valence-electron chi connectivity index (χ0n) is 13.9. The summed E-state index contributed by atoms with van der Waals surface area (Å²) in [6, 6.07) is 10.2. The minimum absolute atomic E-state index is 0.00497. The molecule has 0 bridgehead atoms. The van der Waals surface area contributed by atoms with Crippen LogP contribution in [0.3, 0.4) is 0 Å². The lowest BCUT2D eigenvalue weighted by atomic mass is 10.1. The second-order valence-corrected chi connectivity index (χ2v) is 5.75. The summed E-state index contributed by atoms with van der Waals surface area (Å²) in [5.74, 6) is 1.17. The van der Waals surface area contributed by atoms with Crippen LogP contribution in [-0.2, 0) is 4.79 Å². The van der Waals surface area contributed by atoms with Gasteiger partial charge >= 0.3 is 0 Å². The minimum Gasteiger partial charge on any atom is -0.482 e. The van der Waals surface area contributed by atoms with Gasteiger partial charge in [0.2, 0.25) is 6.79 Å². The van der Waals surface area contributed by atoms with Gasteiger partial charge in [-0.3, -0.25) is 9.59 Å². The zero-order valence-corrected chi connectivity index (χ0v) is 13.9. The lowest BCUT2D eigenvalue weighted by Gasteiger charge is -2.18. The van der Waals surface area contributed by atoms with Gasteiger partial charge in [0, 0.05) is 5.56 Å². The van der Waals surface area contributed by atoms with Crippen LogP contribution in [0.1, 0.15) is 22.8 Å². The predicted molar refractivity (Wildman–Crippen MR) is 92.8 cm³/mol. The Morgan fingerprint density at radius 1 is 1.04 bits per heavy atom. The van der Waals surface area contributed by atoms with E-state index in [9.17, 15) is 9.59 Å². The van der Waals surface area contributed by atoms with Crippen molar-refractivity contribution in [1.82, 2.24) is 5.43 Å². The minimum atomic E-state index is -0.364. The van der Waals surface area contributed by atoms with Crippen LogP contribution in [0.4, 0.5) is 5.69 Å². The van der Waals surface area contributed by atoms with E-state index in [0.717, 1.165) is 5.56 Å². The van der Waals surface area contributed by atoms with Crippen molar-refractivity contribution >= 4 is 23.2 Å². The molecular formula is C18H15N3O5. The van der Waals surface area contributed by atoms with Crippen LogP contribution >= 0.6 is 0 Å². The first kappa shape index (κ1) is 15.9. The molecule has 2 aliphatic rings. The molecule has 0 atom stereocenters. The molecule has 2 aliphatic heterocycles. The normalized spacial score (nSPS) is 15.0. The van der Waals surface area contributed by atoms with Gasteiger partial charge in [-0.15, -0.1) is 0 Å². The summed E-state index contributed by atoms with van der Waals surface area (Å²) in [5, 5.41) is 6.86.